The molecule has 0 saturated heterocycles. The Morgan fingerprint density at radius 2 is 1.86 bits per heavy atom. The van der Waals surface area contributed by atoms with Gasteiger partial charge >= 0.3 is 0 Å². The van der Waals surface area contributed by atoms with Crippen LogP contribution < -0.4 is 4.74 Å². The van der Waals surface area contributed by atoms with Crippen molar-refractivity contribution >= 4 is 15.9 Å². The summed E-state index contributed by atoms with van der Waals surface area (Å²) < 4.78 is 6.74. The molecule has 3 heteroatoms. The molecular weight excluding hydrogens is 328 g/mol. The molecule has 0 aromatic heterocycles. The molecule has 2 rings (SSSR count). The highest BCUT2D eigenvalue weighted by molar-refractivity contribution is 9.10. The van der Waals surface area contributed by atoms with Gasteiger partial charge in [0.2, 0.25) is 0 Å². The Hall–Kier alpha value is -0.540. The zero-order valence-corrected chi connectivity index (χ0v) is 14.6. The molecule has 1 aromatic rings. The summed E-state index contributed by atoms with van der Waals surface area (Å²) in [5.41, 5.74) is 2.18. The van der Waals surface area contributed by atoms with Gasteiger partial charge in [-0.3, -0.25) is 0 Å². The third kappa shape index (κ3) is 5.00. The standard InChI is InChI=1S/C18H27BrO2/c1-2-3-4-5-6-7-8-9-17(20)16-13-15(19)12-14-10-11-21-18(14)16/h12-13,17,20H,2-11H2,1H3. The first-order chi connectivity index (χ1) is 10.2. The van der Waals surface area contributed by atoms with Gasteiger partial charge in [0, 0.05) is 16.5 Å². The van der Waals surface area contributed by atoms with Crippen LogP contribution in [0.2, 0.25) is 0 Å². The highest BCUT2D eigenvalue weighted by atomic mass is 79.9. The maximum atomic E-state index is 10.4. The van der Waals surface area contributed by atoms with E-state index in [4.69, 9.17) is 4.74 Å². The Labute approximate surface area is 137 Å². The number of rotatable bonds is 9. The van der Waals surface area contributed by atoms with Crippen molar-refractivity contribution in [3.05, 3.63) is 27.7 Å². The van der Waals surface area contributed by atoms with Gasteiger partial charge in [-0.05, 0) is 24.1 Å². The zero-order chi connectivity index (χ0) is 15.1. The van der Waals surface area contributed by atoms with Crippen LogP contribution in [0.15, 0.2) is 16.6 Å². The number of hydrogen-bond acceptors (Lipinski definition) is 2. The summed E-state index contributed by atoms with van der Waals surface area (Å²) in [5.74, 6) is 0.925. The molecule has 1 aliphatic heterocycles. The van der Waals surface area contributed by atoms with Crippen LogP contribution in [0.3, 0.4) is 0 Å². The van der Waals surface area contributed by atoms with Crippen LogP contribution in [0.25, 0.3) is 0 Å². The predicted octanol–water partition coefficient (Wildman–Crippen LogP) is 5.56. The average Bonchev–Trinajstić information content (AvgIpc) is 2.93. The van der Waals surface area contributed by atoms with E-state index < -0.39 is 6.10 Å². The van der Waals surface area contributed by atoms with E-state index in [9.17, 15) is 5.11 Å². The van der Waals surface area contributed by atoms with Crippen LogP contribution in [0.5, 0.6) is 5.75 Å². The average molecular weight is 355 g/mol. The predicted molar refractivity (Wildman–Crippen MR) is 90.9 cm³/mol. The second-order valence-electron chi connectivity index (χ2n) is 6.01. The molecular formula is C18H27BrO2. The van der Waals surface area contributed by atoms with Crippen LogP contribution in [0.4, 0.5) is 0 Å². The molecule has 0 bridgehead atoms. The topological polar surface area (TPSA) is 29.5 Å². The lowest BCUT2D eigenvalue weighted by molar-refractivity contribution is 0.159. The molecule has 0 saturated carbocycles. The van der Waals surface area contributed by atoms with E-state index in [1.807, 2.05) is 6.07 Å². The molecule has 21 heavy (non-hydrogen) atoms. The normalized spacial score (nSPS) is 14.8. The molecule has 2 nitrogen and oxygen atoms in total. The molecule has 0 amide bonds. The van der Waals surface area contributed by atoms with Crippen molar-refractivity contribution in [2.45, 2.75) is 70.8 Å². The van der Waals surface area contributed by atoms with E-state index in [1.165, 1.54) is 44.1 Å². The van der Waals surface area contributed by atoms with Crippen LogP contribution >= 0.6 is 15.9 Å². The number of hydrogen-bond donors (Lipinski definition) is 1. The van der Waals surface area contributed by atoms with Crippen molar-refractivity contribution < 1.29 is 9.84 Å². The van der Waals surface area contributed by atoms with Gasteiger partial charge in [0.15, 0.2) is 0 Å². The minimum Gasteiger partial charge on any atom is -0.493 e. The lowest BCUT2D eigenvalue weighted by atomic mass is 9.99. The second kappa shape index (κ2) is 8.79. The number of ether oxygens (including phenoxy) is 1. The van der Waals surface area contributed by atoms with E-state index >= 15 is 0 Å². The van der Waals surface area contributed by atoms with E-state index in [-0.39, 0.29) is 0 Å². The summed E-state index contributed by atoms with van der Waals surface area (Å²) in [6.07, 6.45) is 10.3. The van der Waals surface area contributed by atoms with E-state index in [0.29, 0.717) is 0 Å². The fourth-order valence-electron chi connectivity index (χ4n) is 3.00. The zero-order valence-electron chi connectivity index (χ0n) is 13.0. The minimum atomic E-state index is -0.398. The lowest BCUT2D eigenvalue weighted by Crippen LogP contribution is -2.01. The molecule has 1 aliphatic rings. The molecule has 1 aromatic carbocycles. The third-order valence-electron chi connectivity index (χ3n) is 4.22. The Bertz CT molecular complexity index is 445. The summed E-state index contributed by atoms with van der Waals surface area (Å²) in [6, 6.07) is 4.11. The van der Waals surface area contributed by atoms with Gasteiger partial charge in [0.1, 0.15) is 5.75 Å². The quantitative estimate of drug-likeness (QED) is 0.588. The summed E-state index contributed by atoms with van der Waals surface area (Å²) in [5, 5.41) is 10.4. The number of fused-ring (bicyclic) bond motifs is 1. The summed E-state index contributed by atoms with van der Waals surface area (Å²) in [4.78, 5) is 0. The summed E-state index contributed by atoms with van der Waals surface area (Å²) in [6.45, 7) is 2.98. The first-order valence-corrected chi connectivity index (χ1v) is 9.15. The molecule has 118 valence electrons. The largest absolute Gasteiger partial charge is 0.493 e. The summed E-state index contributed by atoms with van der Waals surface area (Å²) >= 11 is 3.53. The lowest BCUT2D eigenvalue weighted by Gasteiger charge is -2.15. The van der Waals surface area contributed by atoms with Gasteiger partial charge in [0.25, 0.3) is 0 Å². The molecule has 1 atom stereocenters. The van der Waals surface area contributed by atoms with Crippen molar-refractivity contribution in [1.29, 1.82) is 0 Å². The van der Waals surface area contributed by atoms with Crippen molar-refractivity contribution in [1.82, 2.24) is 0 Å². The highest BCUT2D eigenvalue weighted by Crippen LogP contribution is 2.37. The van der Waals surface area contributed by atoms with Crippen LogP contribution in [-0.2, 0) is 6.42 Å². The van der Waals surface area contributed by atoms with Gasteiger partial charge in [-0.25, -0.2) is 0 Å². The van der Waals surface area contributed by atoms with Crippen LogP contribution in [0, 0.1) is 0 Å². The fourth-order valence-corrected chi connectivity index (χ4v) is 3.52. The molecule has 0 spiro atoms. The van der Waals surface area contributed by atoms with Crippen LogP contribution in [-0.4, -0.2) is 11.7 Å². The fraction of sp³-hybridized carbons (Fsp3) is 0.667. The van der Waals surface area contributed by atoms with Crippen molar-refractivity contribution in [2.75, 3.05) is 6.61 Å². The third-order valence-corrected chi connectivity index (χ3v) is 4.68. The van der Waals surface area contributed by atoms with Crippen molar-refractivity contribution in [3.8, 4) is 5.75 Å². The SMILES string of the molecule is CCCCCCCCCC(O)c1cc(Br)cc2c1OCC2. The van der Waals surface area contributed by atoms with Gasteiger partial charge in [-0.2, -0.15) is 0 Å². The Balaban J connectivity index is 1.77. The highest BCUT2D eigenvalue weighted by Gasteiger charge is 2.21. The number of halogens is 1. The monoisotopic (exact) mass is 354 g/mol. The van der Waals surface area contributed by atoms with Gasteiger partial charge in [0.05, 0.1) is 12.7 Å². The van der Waals surface area contributed by atoms with Gasteiger partial charge in [-0.15, -0.1) is 0 Å². The molecule has 0 radical (unpaired) electrons. The smallest absolute Gasteiger partial charge is 0.128 e. The van der Waals surface area contributed by atoms with E-state index in [1.54, 1.807) is 0 Å². The first kappa shape index (κ1) is 16.8. The number of aliphatic hydroxyl groups is 1. The maximum Gasteiger partial charge on any atom is 0.128 e. The minimum absolute atomic E-state index is 0.398. The van der Waals surface area contributed by atoms with E-state index in [0.717, 1.165) is 41.7 Å². The Morgan fingerprint density at radius 3 is 2.62 bits per heavy atom. The van der Waals surface area contributed by atoms with Crippen LogP contribution in [0.1, 0.15) is 75.5 Å². The molecule has 1 unspecified atom stereocenters. The number of benzene rings is 1. The second-order valence-corrected chi connectivity index (χ2v) is 6.92. The van der Waals surface area contributed by atoms with Gasteiger partial charge < -0.3 is 9.84 Å². The first-order valence-electron chi connectivity index (χ1n) is 8.35. The molecule has 1 N–H and O–H groups in total. The van der Waals surface area contributed by atoms with Crippen molar-refractivity contribution in [2.24, 2.45) is 0 Å². The summed E-state index contributed by atoms with van der Waals surface area (Å²) in [7, 11) is 0. The molecule has 0 aliphatic carbocycles. The number of unbranched alkanes of at least 4 members (excludes halogenated alkanes) is 6. The maximum absolute atomic E-state index is 10.4. The van der Waals surface area contributed by atoms with Gasteiger partial charge in [-0.1, -0.05) is 67.8 Å². The Morgan fingerprint density at radius 1 is 1.14 bits per heavy atom. The molecule has 1 heterocycles. The number of aliphatic hydroxyl groups excluding tert-OH is 1. The molecule has 0 fully saturated rings. The van der Waals surface area contributed by atoms with E-state index in [2.05, 4.69) is 28.9 Å². The Kier molecular flexibility index (Phi) is 7.05. The van der Waals surface area contributed by atoms with Crippen molar-refractivity contribution in [3.63, 3.8) is 0 Å².